The van der Waals surface area contributed by atoms with Crippen LogP contribution < -0.4 is 10.6 Å². The lowest BCUT2D eigenvalue weighted by Crippen LogP contribution is -2.40. The highest BCUT2D eigenvalue weighted by atomic mass is 16.1. The summed E-state index contributed by atoms with van der Waals surface area (Å²) in [5.74, 6) is -0.287. The van der Waals surface area contributed by atoms with Gasteiger partial charge in [-0.1, -0.05) is 30.4 Å². The maximum atomic E-state index is 11.8. The minimum absolute atomic E-state index is 0.287. The van der Waals surface area contributed by atoms with Gasteiger partial charge in [-0.25, -0.2) is 0 Å². The summed E-state index contributed by atoms with van der Waals surface area (Å²) < 4.78 is 2.32. The molecule has 0 aliphatic carbocycles. The first-order chi connectivity index (χ1) is 11.6. The summed E-state index contributed by atoms with van der Waals surface area (Å²) in [6, 6.07) is 14.6. The molecule has 1 atom stereocenters. The number of aromatic nitrogens is 1. The Morgan fingerprint density at radius 1 is 1.21 bits per heavy atom. The van der Waals surface area contributed by atoms with Crippen LogP contribution in [-0.4, -0.2) is 23.1 Å². The van der Waals surface area contributed by atoms with Crippen molar-refractivity contribution in [1.82, 2.24) is 4.57 Å². The molecule has 1 amide bonds. The molecule has 4 heteroatoms. The third kappa shape index (κ3) is 2.10. The van der Waals surface area contributed by atoms with E-state index in [0.717, 1.165) is 17.8 Å². The zero-order valence-corrected chi connectivity index (χ0v) is 13.8. The van der Waals surface area contributed by atoms with E-state index in [9.17, 15) is 4.79 Å². The van der Waals surface area contributed by atoms with Crippen molar-refractivity contribution in [3.63, 3.8) is 0 Å². The molecule has 0 bridgehead atoms. The highest BCUT2D eigenvalue weighted by Crippen LogP contribution is 2.34. The first kappa shape index (κ1) is 14.8. The molecule has 2 heterocycles. The van der Waals surface area contributed by atoms with E-state index in [1.807, 2.05) is 0 Å². The standard InChI is InChI=1S/C20H21N3O/c1-3-22-17-7-5-4-6-15(17)16-11-14(8-9-18(16)22)23-12-13(2)10-19(23)20(21)24/h4-9,11,19H,2-3,10,12H2,1H3,(H2,21,24). The van der Waals surface area contributed by atoms with E-state index in [4.69, 9.17) is 5.73 Å². The quantitative estimate of drug-likeness (QED) is 0.752. The van der Waals surface area contributed by atoms with Crippen molar-refractivity contribution in [2.75, 3.05) is 11.4 Å². The number of amides is 1. The number of nitrogens with zero attached hydrogens (tertiary/aromatic N) is 2. The fourth-order valence-corrected chi connectivity index (χ4v) is 3.89. The van der Waals surface area contributed by atoms with E-state index < -0.39 is 0 Å². The average molecular weight is 319 g/mol. The van der Waals surface area contributed by atoms with E-state index in [0.29, 0.717) is 13.0 Å². The largest absolute Gasteiger partial charge is 0.368 e. The number of nitrogens with two attached hydrogens (primary N) is 1. The molecule has 1 fully saturated rings. The molecule has 0 radical (unpaired) electrons. The highest BCUT2D eigenvalue weighted by Gasteiger charge is 2.31. The molecule has 24 heavy (non-hydrogen) atoms. The predicted octanol–water partition coefficient (Wildman–Crippen LogP) is 3.43. The third-order valence-corrected chi connectivity index (χ3v) is 4.98. The van der Waals surface area contributed by atoms with E-state index >= 15 is 0 Å². The SMILES string of the molecule is C=C1CC(C(N)=O)N(c2ccc3c(c2)c2ccccc2n3CC)C1. The zero-order valence-electron chi connectivity index (χ0n) is 13.8. The van der Waals surface area contributed by atoms with Gasteiger partial charge in [0.2, 0.25) is 5.91 Å². The number of anilines is 1. The van der Waals surface area contributed by atoms with Gasteiger partial charge in [0.15, 0.2) is 0 Å². The lowest BCUT2D eigenvalue weighted by atomic mass is 10.1. The van der Waals surface area contributed by atoms with E-state index in [2.05, 4.69) is 65.4 Å². The molecule has 1 aliphatic heterocycles. The number of fused-ring (bicyclic) bond motifs is 3. The van der Waals surface area contributed by atoms with Gasteiger partial charge in [0, 0.05) is 40.6 Å². The van der Waals surface area contributed by atoms with Crippen molar-refractivity contribution in [3.05, 3.63) is 54.6 Å². The molecule has 4 nitrogen and oxygen atoms in total. The highest BCUT2D eigenvalue weighted by molar-refractivity contribution is 6.09. The summed E-state index contributed by atoms with van der Waals surface area (Å²) >= 11 is 0. The molecule has 4 rings (SSSR count). The van der Waals surface area contributed by atoms with E-state index in [-0.39, 0.29) is 11.9 Å². The van der Waals surface area contributed by atoms with Gasteiger partial charge >= 0.3 is 0 Å². The van der Waals surface area contributed by atoms with Gasteiger partial charge in [-0.05, 0) is 37.6 Å². The lowest BCUT2D eigenvalue weighted by Gasteiger charge is -2.24. The number of aryl methyl sites for hydroxylation is 1. The van der Waals surface area contributed by atoms with Crippen molar-refractivity contribution in [3.8, 4) is 0 Å². The summed E-state index contributed by atoms with van der Waals surface area (Å²) in [5.41, 5.74) is 10.1. The van der Waals surface area contributed by atoms with Gasteiger partial charge in [0.25, 0.3) is 0 Å². The second kappa shape index (κ2) is 5.41. The summed E-state index contributed by atoms with van der Waals surface area (Å²) in [5, 5.41) is 2.45. The van der Waals surface area contributed by atoms with Gasteiger partial charge in [-0.15, -0.1) is 0 Å². The van der Waals surface area contributed by atoms with Gasteiger partial charge in [0.05, 0.1) is 0 Å². The summed E-state index contributed by atoms with van der Waals surface area (Å²) in [7, 11) is 0. The van der Waals surface area contributed by atoms with Gasteiger partial charge < -0.3 is 15.2 Å². The summed E-state index contributed by atoms with van der Waals surface area (Å²) in [6.45, 7) is 7.81. The van der Waals surface area contributed by atoms with Gasteiger partial charge in [-0.2, -0.15) is 0 Å². The first-order valence-corrected chi connectivity index (χ1v) is 8.33. The minimum Gasteiger partial charge on any atom is -0.368 e. The molecule has 0 saturated carbocycles. The van der Waals surface area contributed by atoms with E-state index in [1.54, 1.807) is 0 Å². The van der Waals surface area contributed by atoms with Crippen LogP contribution in [0.4, 0.5) is 5.69 Å². The minimum atomic E-state index is -0.297. The monoisotopic (exact) mass is 319 g/mol. The Morgan fingerprint density at radius 2 is 1.96 bits per heavy atom. The number of carbonyl (C=O) groups excluding carboxylic acids is 1. The molecular weight excluding hydrogens is 298 g/mol. The Labute approximate surface area is 141 Å². The van der Waals surface area contributed by atoms with Crippen molar-refractivity contribution < 1.29 is 4.79 Å². The van der Waals surface area contributed by atoms with Crippen LogP contribution in [0.25, 0.3) is 21.8 Å². The molecule has 0 spiro atoms. The van der Waals surface area contributed by atoms with Crippen LogP contribution in [0.15, 0.2) is 54.6 Å². The molecule has 2 aromatic carbocycles. The van der Waals surface area contributed by atoms with Crippen molar-refractivity contribution in [2.45, 2.75) is 25.9 Å². The van der Waals surface area contributed by atoms with Crippen molar-refractivity contribution >= 4 is 33.4 Å². The maximum absolute atomic E-state index is 11.8. The van der Waals surface area contributed by atoms with Crippen LogP contribution in [-0.2, 0) is 11.3 Å². The van der Waals surface area contributed by atoms with Crippen LogP contribution >= 0.6 is 0 Å². The number of carbonyl (C=O) groups is 1. The Hall–Kier alpha value is -2.75. The fraction of sp³-hybridized carbons (Fsp3) is 0.250. The van der Waals surface area contributed by atoms with Gasteiger partial charge in [0.1, 0.15) is 6.04 Å². The number of hydrogen-bond donors (Lipinski definition) is 1. The van der Waals surface area contributed by atoms with E-state index in [1.165, 1.54) is 21.8 Å². The molecule has 3 aromatic rings. The Balaban J connectivity index is 1.91. The Morgan fingerprint density at radius 3 is 2.71 bits per heavy atom. The molecule has 1 unspecified atom stereocenters. The van der Waals surface area contributed by atoms with Crippen LogP contribution in [0.2, 0.25) is 0 Å². The average Bonchev–Trinajstić information content (AvgIpc) is 3.12. The molecule has 1 aromatic heterocycles. The molecule has 1 aliphatic rings. The second-order valence-electron chi connectivity index (χ2n) is 6.46. The second-order valence-corrected chi connectivity index (χ2v) is 6.46. The smallest absolute Gasteiger partial charge is 0.240 e. The van der Waals surface area contributed by atoms with Crippen LogP contribution in [0.3, 0.4) is 0 Å². The third-order valence-electron chi connectivity index (χ3n) is 4.98. The fourth-order valence-electron chi connectivity index (χ4n) is 3.89. The predicted molar refractivity (Wildman–Crippen MR) is 99.2 cm³/mol. The van der Waals surface area contributed by atoms with Gasteiger partial charge in [-0.3, -0.25) is 4.79 Å². The maximum Gasteiger partial charge on any atom is 0.240 e. The van der Waals surface area contributed by atoms with Crippen LogP contribution in [0, 0.1) is 0 Å². The van der Waals surface area contributed by atoms with Crippen LogP contribution in [0.5, 0.6) is 0 Å². The van der Waals surface area contributed by atoms with Crippen molar-refractivity contribution in [1.29, 1.82) is 0 Å². The first-order valence-electron chi connectivity index (χ1n) is 8.33. The lowest BCUT2D eigenvalue weighted by molar-refractivity contribution is -0.119. The number of rotatable bonds is 3. The molecule has 2 N–H and O–H groups in total. The molecule has 122 valence electrons. The summed E-state index contributed by atoms with van der Waals surface area (Å²) in [4.78, 5) is 13.9. The van der Waals surface area contributed by atoms with Crippen LogP contribution in [0.1, 0.15) is 13.3 Å². The normalized spacial score (nSPS) is 18.0. The molecular formula is C20H21N3O. The summed E-state index contributed by atoms with van der Waals surface area (Å²) in [6.07, 6.45) is 0.643. The zero-order chi connectivity index (χ0) is 16.8. The Bertz CT molecular complexity index is 970. The number of primary amides is 1. The number of hydrogen-bond acceptors (Lipinski definition) is 2. The number of para-hydroxylation sites is 1. The Kier molecular flexibility index (Phi) is 3.34. The topological polar surface area (TPSA) is 51.3 Å². The molecule has 1 saturated heterocycles. The number of benzene rings is 2. The van der Waals surface area contributed by atoms with Crippen molar-refractivity contribution in [2.24, 2.45) is 5.73 Å².